The lowest BCUT2D eigenvalue weighted by Crippen LogP contribution is -2.01. The Kier molecular flexibility index (Phi) is 4.21. The van der Waals surface area contributed by atoms with E-state index in [4.69, 9.17) is 46.8 Å². The molecule has 0 heterocycles. The third-order valence-electron chi connectivity index (χ3n) is 1.70. The molecule has 11 heteroatoms. The molecule has 1 aromatic rings. The van der Waals surface area contributed by atoms with Crippen molar-refractivity contribution in [2.24, 2.45) is 0 Å². The molecule has 17 heavy (non-hydrogen) atoms. The molecule has 92 valence electrons. The lowest BCUT2D eigenvalue weighted by molar-refractivity contribution is -0.422. The number of hydrogen-bond acceptors (Lipinski definition) is 5. The summed E-state index contributed by atoms with van der Waals surface area (Å²) >= 11 is 21.9. The molecule has 0 saturated heterocycles. The van der Waals surface area contributed by atoms with Crippen LogP contribution in [-0.2, 0) is 0 Å². The van der Waals surface area contributed by atoms with Crippen molar-refractivity contribution in [3.05, 3.63) is 36.3 Å². The standard InChI is InChI=1S/C6HCl4N3O4/c7-4-2(11(9)10)1-3(12(14)15)6(5(4)8)13(16)17/h1H. The van der Waals surface area contributed by atoms with E-state index in [1.54, 1.807) is 0 Å². The third-order valence-corrected chi connectivity index (χ3v) is 2.91. The molecular weight excluding hydrogens is 320 g/mol. The van der Waals surface area contributed by atoms with Crippen LogP contribution in [-0.4, -0.2) is 9.85 Å². The summed E-state index contributed by atoms with van der Waals surface area (Å²) in [4.78, 5) is 19.3. The number of rotatable bonds is 3. The van der Waals surface area contributed by atoms with Gasteiger partial charge in [-0.3, -0.25) is 20.2 Å². The van der Waals surface area contributed by atoms with Gasteiger partial charge in [-0.05, 0) is 0 Å². The van der Waals surface area contributed by atoms with E-state index >= 15 is 0 Å². The quantitative estimate of drug-likeness (QED) is 0.478. The van der Waals surface area contributed by atoms with Crippen molar-refractivity contribution in [1.29, 1.82) is 0 Å². The maximum Gasteiger partial charge on any atom is 0.366 e. The fourth-order valence-electron chi connectivity index (χ4n) is 1.03. The Morgan fingerprint density at radius 2 is 1.59 bits per heavy atom. The van der Waals surface area contributed by atoms with Crippen molar-refractivity contribution in [1.82, 2.24) is 0 Å². The minimum absolute atomic E-state index is 0.225. The second kappa shape index (κ2) is 5.09. The van der Waals surface area contributed by atoms with Crippen LogP contribution >= 0.6 is 46.8 Å². The normalized spacial score (nSPS) is 10.1. The molecule has 0 N–H and O–H groups in total. The highest BCUT2D eigenvalue weighted by atomic mass is 35.5. The Balaban J connectivity index is 3.68. The van der Waals surface area contributed by atoms with Gasteiger partial charge in [-0.2, -0.15) is 3.94 Å². The van der Waals surface area contributed by atoms with Crippen molar-refractivity contribution in [2.45, 2.75) is 0 Å². The highest BCUT2D eigenvalue weighted by Gasteiger charge is 2.33. The Bertz CT molecular complexity index is 507. The molecule has 0 aromatic heterocycles. The highest BCUT2D eigenvalue weighted by molar-refractivity contribution is 6.53. The van der Waals surface area contributed by atoms with Crippen molar-refractivity contribution in [3.8, 4) is 0 Å². The largest absolute Gasteiger partial charge is 0.366 e. The fourth-order valence-corrected chi connectivity index (χ4v) is 1.87. The number of nitro groups is 2. The van der Waals surface area contributed by atoms with E-state index in [9.17, 15) is 20.2 Å². The Morgan fingerprint density at radius 1 is 1.06 bits per heavy atom. The molecule has 1 rings (SSSR count). The minimum atomic E-state index is -1.01. The van der Waals surface area contributed by atoms with Crippen LogP contribution in [0, 0.1) is 20.2 Å². The van der Waals surface area contributed by atoms with Crippen LogP contribution in [0.4, 0.5) is 17.1 Å². The first-order chi connectivity index (χ1) is 7.77. The van der Waals surface area contributed by atoms with Crippen LogP contribution in [0.15, 0.2) is 6.07 Å². The molecule has 0 saturated carbocycles. The summed E-state index contributed by atoms with van der Waals surface area (Å²) in [6.45, 7) is 0. The van der Waals surface area contributed by atoms with Gasteiger partial charge in [0.25, 0.3) is 0 Å². The number of nitrogens with zero attached hydrogens (tertiary/aromatic N) is 3. The van der Waals surface area contributed by atoms with Crippen LogP contribution in [0.2, 0.25) is 10.0 Å². The summed E-state index contributed by atoms with van der Waals surface area (Å²) in [5, 5.41) is 20.4. The van der Waals surface area contributed by atoms with Crippen molar-refractivity contribution < 1.29 is 9.85 Å². The number of halogens is 4. The van der Waals surface area contributed by atoms with Gasteiger partial charge in [0.05, 0.1) is 26.6 Å². The summed E-state index contributed by atoms with van der Waals surface area (Å²) < 4.78 is 0.422. The number of benzene rings is 1. The summed E-state index contributed by atoms with van der Waals surface area (Å²) in [6, 6.07) is 0.756. The van der Waals surface area contributed by atoms with Gasteiger partial charge < -0.3 is 0 Å². The third kappa shape index (κ3) is 2.63. The van der Waals surface area contributed by atoms with E-state index in [-0.39, 0.29) is 10.7 Å². The van der Waals surface area contributed by atoms with Gasteiger partial charge >= 0.3 is 11.4 Å². The van der Waals surface area contributed by atoms with Crippen LogP contribution in [0.3, 0.4) is 0 Å². The topological polar surface area (TPSA) is 89.5 Å². The first-order valence-electron chi connectivity index (χ1n) is 3.69. The highest BCUT2D eigenvalue weighted by Crippen LogP contribution is 2.45. The molecule has 0 bridgehead atoms. The molecule has 0 amide bonds. The second-order valence-corrected chi connectivity index (χ2v) is 4.24. The van der Waals surface area contributed by atoms with Crippen LogP contribution in [0.1, 0.15) is 0 Å². The molecule has 7 nitrogen and oxygen atoms in total. The maximum atomic E-state index is 10.7. The molecule has 0 atom stereocenters. The summed E-state index contributed by atoms with van der Waals surface area (Å²) in [7, 11) is 0. The average molecular weight is 321 g/mol. The van der Waals surface area contributed by atoms with Crippen molar-refractivity contribution in [2.75, 3.05) is 3.94 Å². The number of anilines is 1. The Hall–Kier alpha value is -1.02. The van der Waals surface area contributed by atoms with Crippen molar-refractivity contribution in [3.63, 3.8) is 0 Å². The smallest absolute Gasteiger partial charge is 0.258 e. The summed E-state index contributed by atoms with van der Waals surface area (Å²) in [5.41, 5.74) is -2.00. The van der Waals surface area contributed by atoms with E-state index in [0.29, 0.717) is 3.94 Å². The van der Waals surface area contributed by atoms with Gasteiger partial charge in [0, 0.05) is 23.6 Å². The van der Waals surface area contributed by atoms with Gasteiger partial charge in [0.2, 0.25) is 0 Å². The molecule has 0 aliphatic rings. The molecule has 0 aliphatic heterocycles. The molecule has 0 aliphatic carbocycles. The molecule has 0 radical (unpaired) electrons. The Labute approximate surface area is 114 Å². The average Bonchev–Trinajstić information content (AvgIpc) is 2.19. The molecule has 1 aromatic carbocycles. The lowest BCUT2D eigenvalue weighted by atomic mass is 10.2. The number of nitro benzene ring substituents is 2. The van der Waals surface area contributed by atoms with Gasteiger partial charge in [0.15, 0.2) is 0 Å². The molecular formula is C6HCl4N3O4. The zero-order chi connectivity index (χ0) is 13.3. The Morgan fingerprint density at radius 3 is 1.94 bits per heavy atom. The van der Waals surface area contributed by atoms with Gasteiger partial charge in [-0.15, -0.1) is 0 Å². The van der Waals surface area contributed by atoms with Crippen LogP contribution in [0.5, 0.6) is 0 Å². The van der Waals surface area contributed by atoms with Crippen LogP contribution in [0.25, 0.3) is 0 Å². The first kappa shape index (κ1) is 14.0. The fraction of sp³-hybridized carbons (Fsp3) is 0. The van der Waals surface area contributed by atoms with E-state index in [0.717, 1.165) is 6.07 Å². The van der Waals surface area contributed by atoms with Crippen molar-refractivity contribution >= 4 is 63.8 Å². The summed E-state index contributed by atoms with van der Waals surface area (Å²) in [5.74, 6) is 0. The van der Waals surface area contributed by atoms with E-state index in [2.05, 4.69) is 0 Å². The van der Waals surface area contributed by atoms with E-state index in [1.807, 2.05) is 0 Å². The molecule has 0 spiro atoms. The maximum absolute atomic E-state index is 10.7. The summed E-state index contributed by atoms with van der Waals surface area (Å²) in [6.07, 6.45) is 0. The van der Waals surface area contributed by atoms with E-state index in [1.165, 1.54) is 0 Å². The van der Waals surface area contributed by atoms with Gasteiger partial charge in [-0.25, -0.2) is 0 Å². The van der Waals surface area contributed by atoms with Gasteiger partial charge in [-0.1, -0.05) is 23.2 Å². The second-order valence-electron chi connectivity index (χ2n) is 2.64. The SMILES string of the molecule is O=[N+]([O-])c1cc(N(Cl)Cl)c(Cl)c(Cl)c1[N+](=O)[O-]. The van der Waals surface area contributed by atoms with E-state index < -0.39 is 26.2 Å². The minimum Gasteiger partial charge on any atom is -0.258 e. The van der Waals surface area contributed by atoms with Crippen LogP contribution < -0.4 is 3.94 Å². The zero-order valence-corrected chi connectivity index (χ0v) is 10.6. The number of hydrogen-bond donors (Lipinski definition) is 0. The zero-order valence-electron chi connectivity index (χ0n) is 7.56. The van der Waals surface area contributed by atoms with Gasteiger partial charge in [0.1, 0.15) is 5.02 Å². The monoisotopic (exact) mass is 319 g/mol. The first-order valence-corrected chi connectivity index (χ1v) is 5.13. The predicted octanol–water partition coefficient (Wildman–Crippen LogP) is 3.92. The molecule has 0 fully saturated rings. The lowest BCUT2D eigenvalue weighted by Gasteiger charge is -2.09. The molecule has 0 unspecified atom stereocenters. The predicted molar refractivity (Wildman–Crippen MR) is 64.0 cm³/mol.